The average molecular weight is 260 g/mol. The van der Waals surface area contributed by atoms with Gasteiger partial charge in [-0.05, 0) is 18.9 Å². The number of rotatable bonds is 5. The Morgan fingerprint density at radius 2 is 2.05 bits per heavy atom. The number of nitrogens with one attached hydrogen (secondary N) is 1. The van der Waals surface area contributed by atoms with Crippen molar-refractivity contribution in [1.29, 1.82) is 0 Å². The first kappa shape index (κ1) is 14.7. The van der Waals surface area contributed by atoms with E-state index in [1.54, 1.807) is 19.1 Å². The second-order valence-corrected chi connectivity index (χ2v) is 4.48. The fraction of sp³-hybridized carbons (Fsp3) is 0.357. The largest absolute Gasteiger partial charge is 0.340 e. The molecule has 0 heterocycles. The standard InChI is InChI=1S/C14H16N2O3/c1-4-14(3,5-2)15-13(17)10-11-6-8-12(9-7-11)16(18)19/h1,6-9H,5,10H2,2-3H3,(H,15,17). The van der Waals surface area contributed by atoms with Crippen molar-refractivity contribution >= 4 is 11.6 Å². The van der Waals surface area contributed by atoms with Crippen LogP contribution >= 0.6 is 0 Å². The van der Waals surface area contributed by atoms with E-state index in [9.17, 15) is 14.9 Å². The normalized spacial score (nSPS) is 13.1. The molecule has 0 saturated heterocycles. The molecule has 0 fully saturated rings. The van der Waals surface area contributed by atoms with E-state index in [-0.39, 0.29) is 18.0 Å². The minimum atomic E-state index is -0.655. The Balaban J connectivity index is 2.68. The number of terminal acetylenes is 1. The van der Waals surface area contributed by atoms with Crippen molar-refractivity contribution in [1.82, 2.24) is 5.32 Å². The summed E-state index contributed by atoms with van der Waals surface area (Å²) in [5.74, 6) is 2.35. The summed E-state index contributed by atoms with van der Waals surface area (Å²) in [5, 5.41) is 13.3. The lowest BCUT2D eigenvalue weighted by Gasteiger charge is -2.23. The van der Waals surface area contributed by atoms with Crippen molar-refractivity contribution in [2.24, 2.45) is 0 Å². The molecule has 1 N–H and O–H groups in total. The summed E-state index contributed by atoms with van der Waals surface area (Å²) in [7, 11) is 0. The van der Waals surface area contributed by atoms with Gasteiger partial charge in [0.25, 0.3) is 5.69 Å². The molecule has 1 unspecified atom stereocenters. The zero-order valence-electron chi connectivity index (χ0n) is 11.0. The molecule has 1 atom stereocenters. The highest BCUT2D eigenvalue weighted by Gasteiger charge is 2.21. The van der Waals surface area contributed by atoms with Crippen molar-refractivity contribution in [2.75, 3.05) is 0 Å². The van der Waals surface area contributed by atoms with Crippen molar-refractivity contribution in [3.8, 4) is 12.3 Å². The molecule has 5 nitrogen and oxygen atoms in total. The summed E-state index contributed by atoms with van der Waals surface area (Å²) in [4.78, 5) is 21.9. The van der Waals surface area contributed by atoms with Crippen LogP contribution in [0.15, 0.2) is 24.3 Å². The molecule has 19 heavy (non-hydrogen) atoms. The Morgan fingerprint density at radius 1 is 1.47 bits per heavy atom. The van der Waals surface area contributed by atoms with Crippen LogP contribution in [-0.4, -0.2) is 16.4 Å². The van der Waals surface area contributed by atoms with Crippen LogP contribution in [0.3, 0.4) is 0 Å². The van der Waals surface area contributed by atoms with Gasteiger partial charge in [-0.3, -0.25) is 14.9 Å². The lowest BCUT2D eigenvalue weighted by molar-refractivity contribution is -0.384. The van der Waals surface area contributed by atoms with Crippen molar-refractivity contribution in [2.45, 2.75) is 32.2 Å². The number of benzene rings is 1. The van der Waals surface area contributed by atoms with Gasteiger partial charge in [-0.25, -0.2) is 0 Å². The van der Waals surface area contributed by atoms with Crippen molar-refractivity contribution < 1.29 is 9.72 Å². The van der Waals surface area contributed by atoms with Gasteiger partial charge in [0.15, 0.2) is 0 Å². The maximum Gasteiger partial charge on any atom is 0.269 e. The first-order chi connectivity index (χ1) is 8.90. The zero-order chi connectivity index (χ0) is 14.5. The van der Waals surface area contributed by atoms with E-state index < -0.39 is 10.5 Å². The molecule has 0 aliphatic rings. The maximum absolute atomic E-state index is 11.8. The molecule has 5 heteroatoms. The number of nitro benzene ring substituents is 1. The number of carbonyl (C=O) groups is 1. The molecule has 0 saturated carbocycles. The van der Waals surface area contributed by atoms with E-state index in [1.165, 1.54) is 12.1 Å². The SMILES string of the molecule is C#CC(C)(CC)NC(=O)Cc1ccc([N+](=O)[O-])cc1. The van der Waals surface area contributed by atoms with Crippen LogP contribution in [0.5, 0.6) is 0 Å². The Kier molecular flexibility index (Phi) is 4.65. The number of carbonyl (C=O) groups excluding carboxylic acids is 1. The van der Waals surface area contributed by atoms with Gasteiger partial charge >= 0.3 is 0 Å². The number of hydrogen-bond acceptors (Lipinski definition) is 3. The second kappa shape index (κ2) is 6.01. The van der Waals surface area contributed by atoms with E-state index in [1.807, 2.05) is 6.92 Å². The lowest BCUT2D eigenvalue weighted by Crippen LogP contribution is -2.44. The summed E-state index contributed by atoms with van der Waals surface area (Å²) in [5.41, 5.74) is 0.0578. The van der Waals surface area contributed by atoms with E-state index >= 15 is 0 Å². The highest BCUT2D eigenvalue weighted by atomic mass is 16.6. The summed E-state index contributed by atoms with van der Waals surface area (Å²) >= 11 is 0. The topological polar surface area (TPSA) is 72.2 Å². The third-order valence-corrected chi connectivity index (χ3v) is 2.95. The van der Waals surface area contributed by atoms with Gasteiger partial charge in [0.1, 0.15) is 0 Å². The fourth-order valence-corrected chi connectivity index (χ4v) is 1.50. The maximum atomic E-state index is 11.8. The van der Waals surface area contributed by atoms with E-state index in [4.69, 9.17) is 6.42 Å². The van der Waals surface area contributed by atoms with Crippen LogP contribution < -0.4 is 5.32 Å². The third-order valence-electron chi connectivity index (χ3n) is 2.95. The Hall–Kier alpha value is -2.35. The van der Waals surface area contributed by atoms with Crippen LogP contribution in [0.2, 0.25) is 0 Å². The van der Waals surface area contributed by atoms with Gasteiger partial charge in [-0.1, -0.05) is 25.0 Å². The molecule has 0 aliphatic carbocycles. The van der Waals surface area contributed by atoms with Crippen LogP contribution in [0, 0.1) is 22.5 Å². The van der Waals surface area contributed by atoms with E-state index in [2.05, 4.69) is 11.2 Å². The predicted molar refractivity (Wildman–Crippen MR) is 72.5 cm³/mol. The Morgan fingerprint density at radius 3 is 2.47 bits per heavy atom. The van der Waals surface area contributed by atoms with Gasteiger partial charge in [0.2, 0.25) is 5.91 Å². The van der Waals surface area contributed by atoms with Gasteiger partial charge < -0.3 is 5.32 Å². The average Bonchev–Trinajstić information content (AvgIpc) is 2.39. The molecule has 1 aromatic rings. The highest BCUT2D eigenvalue weighted by molar-refractivity contribution is 5.79. The summed E-state index contributed by atoms with van der Waals surface area (Å²) in [6, 6.07) is 5.89. The number of non-ortho nitro benzene ring substituents is 1. The molecule has 0 aliphatic heterocycles. The van der Waals surface area contributed by atoms with Gasteiger partial charge in [0.05, 0.1) is 16.9 Å². The zero-order valence-corrected chi connectivity index (χ0v) is 11.0. The second-order valence-electron chi connectivity index (χ2n) is 4.48. The molecule has 0 bridgehead atoms. The van der Waals surface area contributed by atoms with E-state index in [0.717, 1.165) is 0 Å². The molecule has 0 spiro atoms. The molecule has 1 rings (SSSR count). The lowest BCUT2D eigenvalue weighted by atomic mass is 9.99. The number of nitro groups is 1. The quantitative estimate of drug-likeness (QED) is 0.500. The summed E-state index contributed by atoms with van der Waals surface area (Å²) < 4.78 is 0. The third kappa shape index (κ3) is 4.11. The van der Waals surface area contributed by atoms with E-state index in [0.29, 0.717) is 12.0 Å². The van der Waals surface area contributed by atoms with Gasteiger partial charge in [-0.15, -0.1) is 6.42 Å². The molecular weight excluding hydrogens is 244 g/mol. The molecule has 1 aromatic carbocycles. The van der Waals surface area contributed by atoms with Crippen LogP contribution in [0.4, 0.5) is 5.69 Å². The summed E-state index contributed by atoms with van der Waals surface area (Å²) in [6.45, 7) is 3.67. The number of hydrogen-bond donors (Lipinski definition) is 1. The smallest absolute Gasteiger partial charge is 0.269 e. The number of nitrogens with zero attached hydrogens (tertiary/aromatic N) is 1. The molecular formula is C14H16N2O3. The van der Waals surface area contributed by atoms with Crippen molar-refractivity contribution in [3.63, 3.8) is 0 Å². The molecule has 0 radical (unpaired) electrons. The monoisotopic (exact) mass is 260 g/mol. The van der Waals surface area contributed by atoms with Crippen molar-refractivity contribution in [3.05, 3.63) is 39.9 Å². The Bertz CT molecular complexity index is 516. The first-order valence-corrected chi connectivity index (χ1v) is 5.92. The van der Waals surface area contributed by atoms with Gasteiger partial charge in [0, 0.05) is 12.1 Å². The molecule has 1 amide bonds. The van der Waals surface area contributed by atoms with Gasteiger partial charge in [-0.2, -0.15) is 0 Å². The van der Waals surface area contributed by atoms with Crippen LogP contribution in [0.1, 0.15) is 25.8 Å². The highest BCUT2D eigenvalue weighted by Crippen LogP contribution is 2.13. The minimum Gasteiger partial charge on any atom is -0.340 e. The minimum absolute atomic E-state index is 0.00572. The Labute approximate surface area is 112 Å². The number of amides is 1. The fourth-order valence-electron chi connectivity index (χ4n) is 1.50. The first-order valence-electron chi connectivity index (χ1n) is 5.92. The summed E-state index contributed by atoms with van der Waals surface area (Å²) in [6.07, 6.45) is 6.16. The molecule has 100 valence electrons. The van der Waals surface area contributed by atoms with Crippen LogP contribution in [-0.2, 0) is 11.2 Å². The molecule has 0 aromatic heterocycles. The predicted octanol–water partition coefficient (Wildman–Crippen LogP) is 2.06. The van der Waals surface area contributed by atoms with Crippen LogP contribution in [0.25, 0.3) is 0 Å².